The van der Waals surface area contributed by atoms with Crippen LogP contribution in [0.25, 0.3) is 0 Å². The van der Waals surface area contributed by atoms with Crippen LogP contribution in [-0.2, 0) is 4.79 Å². The predicted molar refractivity (Wildman–Crippen MR) is 48.9 cm³/mol. The summed E-state index contributed by atoms with van der Waals surface area (Å²) in [7, 11) is 0. The Hall–Kier alpha value is -1.69. The highest BCUT2D eigenvalue weighted by molar-refractivity contribution is 7.13. The van der Waals surface area contributed by atoms with Gasteiger partial charge in [-0.2, -0.15) is 5.10 Å². The standard InChI is InChI=1S/C7H6N4OS/c12-5-11(6-1-2-9-10-6)7-8-3-4-13-7/h1-5H,(H,9,10). The Morgan fingerprint density at radius 1 is 1.62 bits per heavy atom. The van der Waals surface area contributed by atoms with Crippen LogP contribution in [0.5, 0.6) is 0 Å². The van der Waals surface area contributed by atoms with E-state index in [4.69, 9.17) is 0 Å². The molecule has 66 valence electrons. The number of hydrogen-bond acceptors (Lipinski definition) is 4. The van der Waals surface area contributed by atoms with Crippen molar-refractivity contribution in [1.82, 2.24) is 15.2 Å². The summed E-state index contributed by atoms with van der Waals surface area (Å²) in [5, 5.41) is 8.93. The second-order valence-electron chi connectivity index (χ2n) is 2.22. The van der Waals surface area contributed by atoms with E-state index < -0.39 is 0 Å². The lowest BCUT2D eigenvalue weighted by Gasteiger charge is -2.08. The van der Waals surface area contributed by atoms with E-state index >= 15 is 0 Å². The first-order chi connectivity index (χ1) is 6.42. The zero-order valence-electron chi connectivity index (χ0n) is 6.54. The summed E-state index contributed by atoms with van der Waals surface area (Å²) in [6.45, 7) is 0. The fraction of sp³-hybridized carbons (Fsp3) is 0. The topological polar surface area (TPSA) is 61.9 Å². The van der Waals surface area contributed by atoms with Gasteiger partial charge in [-0.3, -0.25) is 9.89 Å². The van der Waals surface area contributed by atoms with Gasteiger partial charge in [0.05, 0.1) is 0 Å². The average Bonchev–Trinajstić information content (AvgIpc) is 2.76. The first-order valence-corrected chi connectivity index (χ1v) is 4.43. The van der Waals surface area contributed by atoms with Gasteiger partial charge >= 0.3 is 0 Å². The van der Waals surface area contributed by atoms with E-state index in [2.05, 4.69) is 15.2 Å². The Morgan fingerprint density at radius 2 is 2.54 bits per heavy atom. The molecule has 0 aromatic carbocycles. The second kappa shape index (κ2) is 3.36. The van der Waals surface area contributed by atoms with Gasteiger partial charge in [-0.15, -0.1) is 11.3 Å². The zero-order chi connectivity index (χ0) is 9.10. The Kier molecular flexibility index (Phi) is 2.05. The van der Waals surface area contributed by atoms with E-state index in [1.807, 2.05) is 0 Å². The maximum atomic E-state index is 10.7. The predicted octanol–water partition coefficient (Wildman–Crippen LogP) is 1.16. The number of aromatic nitrogens is 3. The van der Waals surface area contributed by atoms with E-state index in [1.165, 1.54) is 16.2 Å². The highest BCUT2D eigenvalue weighted by Gasteiger charge is 2.11. The largest absolute Gasteiger partial charge is 0.284 e. The van der Waals surface area contributed by atoms with Crippen molar-refractivity contribution < 1.29 is 4.79 Å². The van der Waals surface area contributed by atoms with Crippen molar-refractivity contribution >= 4 is 28.7 Å². The molecule has 0 saturated carbocycles. The van der Waals surface area contributed by atoms with E-state index in [-0.39, 0.29) is 0 Å². The minimum absolute atomic E-state index is 0.546. The van der Waals surface area contributed by atoms with E-state index in [0.29, 0.717) is 17.4 Å². The number of hydrogen-bond donors (Lipinski definition) is 1. The average molecular weight is 194 g/mol. The number of anilines is 2. The van der Waals surface area contributed by atoms with Gasteiger partial charge in [0.25, 0.3) is 0 Å². The van der Waals surface area contributed by atoms with Crippen LogP contribution in [0.2, 0.25) is 0 Å². The van der Waals surface area contributed by atoms with Gasteiger partial charge in [0.15, 0.2) is 10.9 Å². The molecule has 1 amide bonds. The van der Waals surface area contributed by atoms with Crippen LogP contribution in [0.3, 0.4) is 0 Å². The molecule has 0 aliphatic heterocycles. The van der Waals surface area contributed by atoms with Gasteiger partial charge in [-0.1, -0.05) is 0 Å². The summed E-state index contributed by atoms with van der Waals surface area (Å²) in [5.41, 5.74) is 0. The molecule has 0 aliphatic carbocycles. The Labute approximate surface area is 78.0 Å². The third-order valence-corrected chi connectivity index (χ3v) is 2.23. The molecule has 0 aliphatic rings. The molecule has 2 aromatic heterocycles. The molecule has 2 rings (SSSR count). The zero-order valence-corrected chi connectivity index (χ0v) is 7.36. The molecule has 2 heterocycles. The van der Waals surface area contributed by atoms with Crippen LogP contribution in [-0.4, -0.2) is 21.6 Å². The van der Waals surface area contributed by atoms with Crippen LogP contribution in [0, 0.1) is 0 Å². The maximum absolute atomic E-state index is 10.7. The summed E-state index contributed by atoms with van der Waals surface area (Å²) in [5.74, 6) is 0.546. The summed E-state index contributed by atoms with van der Waals surface area (Å²) in [6.07, 6.45) is 3.98. The minimum atomic E-state index is 0.546. The fourth-order valence-corrected chi connectivity index (χ4v) is 1.53. The van der Waals surface area contributed by atoms with Crippen molar-refractivity contribution in [3.05, 3.63) is 23.8 Å². The van der Waals surface area contributed by atoms with Crippen LogP contribution in [0.15, 0.2) is 23.8 Å². The van der Waals surface area contributed by atoms with Gasteiger partial charge in [-0.05, 0) is 0 Å². The number of aromatic amines is 1. The number of nitrogens with one attached hydrogen (secondary N) is 1. The Balaban J connectivity index is 2.35. The first kappa shape index (κ1) is 7.93. The molecule has 0 spiro atoms. The molecule has 0 atom stereocenters. The van der Waals surface area contributed by atoms with Gasteiger partial charge in [-0.25, -0.2) is 9.88 Å². The smallest absolute Gasteiger partial charge is 0.221 e. The molecule has 5 nitrogen and oxygen atoms in total. The van der Waals surface area contributed by atoms with Gasteiger partial charge < -0.3 is 0 Å². The number of amides is 1. The molecule has 0 unspecified atom stereocenters. The van der Waals surface area contributed by atoms with E-state index in [9.17, 15) is 4.79 Å². The molecule has 6 heteroatoms. The van der Waals surface area contributed by atoms with E-state index in [1.54, 1.807) is 23.8 Å². The molecular formula is C7H6N4OS. The molecular weight excluding hydrogens is 188 g/mol. The van der Waals surface area contributed by atoms with Crippen molar-refractivity contribution in [1.29, 1.82) is 0 Å². The van der Waals surface area contributed by atoms with Crippen molar-refractivity contribution in [2.24, 2.45) is 0 Å². The van der Waals surface area contributed by atoms with Crippen molar-refractivity contribution in [2.75, 3.05) is 4.90 Å². The molecule has 0 fully saturated rings. The maximum Gasteiger partial charge on any atom is 0.221 e. The highest BCUT2D eigenvalue weighted by atomic mass is 32.1. The molecule has 2 aromatic rings. The number of thiazole rings is 1. The number of H-pyrrole nitrogens is 1. The lowest BCUT2D eigenvalue weighted by molar-refractivity contribution is -0.106. The minimum Gasteiger partial charge on any atom is -0.284 e. The van der Waals surface area contributed by atoms with Crippen molar-refractivity contribution in [3.63, 3.8) is 0 Å². The summed E-state index contributed by atoms with van der Waals surface area (Å²) < 4.78 is 0. The molecule has 0 bridgehead atoms. The summed E-state index contributed by atoms with van der Waals surface area (Å²) in [6, 6.07) is 1.70. The number of nitrogens with zero attached hydrogens (tertiary/aromatic N) is 3. The first-order valence-electron chi connectivity index (χ1n) is 3.55. The van der Waals surface area contributed by atoms with Gasteiger partial charge in [0.1, 0.15) is 0 Å². The Morgan fingerprint density at radius 3 is 3.08 bits per heavy atom. The van der Waals surface area contributed by atoms with Gasteiger partial charge in [0.2, 0.25) is 6.41 Å². The quantitative estimate of drug-likeness (QED) is 0.746. The van der Waals surface area contributed by atoms with Crippen molar-refractivity contribution in [3.8, 4) is 0 Å². The normalized spacial score (nSPS) is 9.85. The molecule has 13 heavy (non-hydrogen) atoms. The second-order valence-corrected chi connectivity index (χ2v) is 3.10. The lowest BCUT2D eigenvalue weighted by Crippen LogP contribution is -2.13. The molecule has 1 N–H and O–H groups in total. The third kappa shape index (κ3) is 1.43. The number of rotatable bonds is 3. The van der Waals surface area contributed by atoms with Gasteiger partial charge in [0, 0.05) is 23.8 Å². The third-order valence-electron chi connectivity index (χ3n) is 1.46. The number of carbonyl (C=O) groups is 1. The highest BCUT2D eigenvalue weighted by Crippen LogP contribution is 2.22. The summed E-state index contributed by atoms with van der Waals surface area (Å²) in [4.78, 5) is 16.1. The van der Waals surface area contributed by atoms with E-state index in [0.717, 1.165) is 0 Å². The van der Waals surface area contributed by atoms with Crippen molar-refractivity contribution in [2.45, 2.75) is 0 Å². The molecule has 0 radical (unpaired) electrons. The van der Waals surface area contributed by atoms with Crippen LogP contribution in [0.1, 0.15) is 0 Å². The van der Waals surface area contributed by atoms with Crippen LogP contribution >= 0.6 is 11.3 Å². The van der Waals surface area contributed by atoms with Crippen LogP contribution in [0.4, 0.5) is 10.9 Å². The molecule has 0 saturated heterocycles. The fourth-order valence-electron chi connectivity index (χ4n) is 0.919. The number of carbonyl (C=O) groups excluding carboxylic acids is 1. The monoisotopic (exact) mass is 194 g/mol. The van der Waals surface area contributed by atoms with Crippen LogP contribution < -0.4 is 4.90 Å². The SMILES string of the molecule is O=CN(c1cc[nH]n1)c1nccs1. The summed E-state index contributed by atoms with van der Waals surface area (Å²) >= 11 is 1.38. The Bertz CT molecular complexity index is 335. The lowest BCUT2D eigenvalue weighted by atomic mass is 10.6.